The summed E-state index contributed by atoms with van der Waals surface area (Å²) >= 11 is 0. The minimum absolute atomic E-state index is 0.558. The van der Waals surface area contributed by atoms with Crippen molar-refractivity contribution in [1.29, 1.82) is 0 Å². The van der Waals surface area contributed by atoms with E-state index in [9.17, 15) is 4.79 Å². The molecule has 1 unspecified atom stereocenters. The highest BCUT2D eigenvalue weighted by atomic mass is 16.5. The van der Waals surface area contributed by atoms with Crippen LogP contribution in [-0.4, -0.2) is 48.8 Å². The summed E-state index contributed by atoms with van der Waals surface area (Å²) in [5, 5.41) is 9.07. The molecule has 4 nitrogen and oxygen atoms in total. The first-order valence-corrected chi connectivity index (χ1v) is 7.31. The molecule has 19 heavy (non-hydrogen) atoms. The molecule has 0 heterocycles. The third-order valence-corrected chi connectivity index (χ3v) is 3.87. The number of ether oxygens (including phenoxy) is 1. The zero-order valence-corrected chi connectivity index (χ0v) is 13.2. The topological polar surface area (TPSA) is 49.8 Å². The third kappa shape index (κ3) is 7.53. The molecule has 0 aliphatic heterocycles. The quantitative estimate of drug-likeness (QED) is 0.588. The Bertz CT molecular complexity index is 254. The number of carboxylic acid groups (broad SMARTS) is 1. The Hall–Kier alpha value is -0.610. The highest BCUT2D eigenvalue weighted by Crippen LogP contribution is 2.23. The Balaban J connectivity index is 4.02. The number of rotatable bonds is 11. The molecule has 0 amide bonds. The van der Waals surface area contributed by atoms with Crippen LogP contribution in [0.1, 0.15) is 53.4 Å². The molecule has 0 bridgehead atoms. The predicted octanol–water partition coefficient (Wildman–Crippen LogP) is 3.01. The number of carbonyl (C=O) groups is 1. The van der Waals surface area contributed by atoms with Crippen LogP contribution >= 0.6 is 0 Å². The molecule has 0 aromatic carbocycles. The van der Waals surface area contributed by atoms with E-state index in [1.165, 1.54) is 0 Å². The number of unbranched alkanes of at least 4 members (excludes halogenated alkanes) is 1. The summed E-state index contributed by atoms with van der Waals surface area (Å²) in [6.45, 7) is 10.8. The van der Waals surface area contributed by atoms with Gasteiger partial charge in [0.2, 0.25) is 0 Å². The fourth-order valence-corrected chi connectivity index (χ4v) is 2.01. The fourth-order valence-electron chi connectivity index (χ4n) is 2.01. The van der Waals surface area contributed by atoms with Gasteiger partial charge in [-0.1, -0.05) is 13.3 Å². The standard InChI is InChI=1S/C15H31NO3/c1-6-13(2)16(11-12-19-5)10-8-7-9-15(3,4)14(17)18/h13H,6-12H2,1-5H3,(H,17,18). The third-order valence-electron chi connectivity index (χ3n) is 3.87. The van der Waals surface area contributed by atoms with Crippen LogP contribution in [0.25, 0.3) is 0 Å². The Labute approximate surface area is 118 Å². The van der Waals surface area contributed by atoms with Gasteiger partial charge in [-0.15, -0.1) is 0 Å². The number of aliphatic carboxylic acids is 1. The predicted molar refractivity (Wildman–Crippen MR) is 78.5 cm³/mol. The number of nitrogens with zero attached hydrogens (tertiary/aromatic N) is 1. The van der Waals surface area contributed by atoms with Gasteiger partial charge < -0.3 is 9.84 Å². The summed E-state index contributed by atoms with van der Waals surface area (Å²) in [5.74, 6) is -0.703. The monoisotopic (exact) mass is 273 g/mol. The van der Waals surface area contributed by atoms with Crippen molar-refractivity contribution in [3.8, 4) is 0 Å². The van der Waals surface area contributed by atoms with Gasteiger partial charge >= 0.3 is 5.97 Å². The molecular weight excluding hydrogens is 242 g/mol. The lowest BCUT2D eigenvalue weighted by molar-refractivity contribution is -0.147. The molecule has 0 saturated heterocycles. The zero-order chi connectivity index (χ0) is 14.9. The van der Waals surface area contributed by atoms with Crippen LogP contribution in [0.3, 0.4) is 0 Å². The van der Waals surface area contributed by atoms with E-state index in [1.807, 2.05) is 0 Å². The first-order chi connectivity index (χ1) is 8.85. The Morgan fingerprint density at radius 2 is 1.95 bits per heavy atom. The van der Waals surface area contributed by atoms with Crippen molar-refractivity contribution >= 4 is 5.97 Å². The highest BCUT2D eigenvalue weighted by Gasteiger charge is 2.26. The van der Waals surface area contributed by atoms with E-state index in [0.29, 0.717) is 6.04 Å². The van der Waals surface area contributed by atoms with Gasteiger partial charge in [0.25, 0.3) is 0 Å². The van der Waals surface area contributed by atoms with Crippen LogP contribution in [0.2, 0.25) is 0 Å². The second kappa shape index (κ2) is 9.32. The number of methoxy groups -OCH3 is 1. The summed E-state index contributed by atoms with van der Waals surface area (Å²) in [4.78, 5) is 13.4. The highest BCUT2D eigenvalue weighted by molar-refractivity contribution is 5.73. The molecule has 0 saturated carbocycles. The van der Waals surface area contributed by atoms with Crippen molar-refractivity contribution in [2.75, 3.05) is 26.8 Å². The Morgan fingerprint density at radius 1 is 1.32 bits per heavy atom. The largest absolute Gasteiger partial charge is 0.481 e. The van der Waals surface area contributed by atoms with E-state index >= 15 is 0 Å². The lowest BCUT2D eigenvalue weighted by atomic mass is 9.87. The molecule has 0 radical (unpaired) electrons. The van der Waals surface area contributed by atoms with Crippen molar-refractivity contribution in [2.24, 2.45) is 5.41 Å². The summed E-state index contributed by atoms with van der Waals surface area (Å²) in [6, 6.07) is 0.558. The van der Waals surface area contributed by atoms with Crippen molar-refractivity contribution in [3.63, 3.8) is 0 Å². The van der Waals surface area contributed by atoms with E-state index in [1.54, 1.807) is 21.0 Å². The lowest BCUT2D eigenvalue weighted by Gasteiger charge is -2.28. The first-order valence-electron chi connectivity index (χ1n) is 7.31. The van der Waals surface area contributed by atoms with Crippen LogP contribution in [0.15, 0.2) is 0 Å². The van der Waals surface area contributed by atoms with Gasteiger partial charge in [0.15, 0.2) is 0 Å². The molecule has 1 N–H and O–H groups in total. The Morgan fingerprint density at radius 3 is 2.42 bits per heavy atom. The van der Waals surface area contributed by atoms with E-state index in [0.717, 1.165) is 45.4 Å². The van der Waals surface area contributed by atoms with Crippen LogP contribution < -0.4 is 0 Å². The maximum atomic E-state index is 11.0. The van der Waals surface area contributed by atoms with Crippen molar-refractivity contribution in [2.45, 2.75) is 59.4 Å². The van der Waals surface area contributed by atoms with Crippen LogP contribution in [0.4, 0.5) is 0 Å². The average molecular weight is 273 g/mol. The number of hydrogen-bond donors (Lipinski definition) is 1. The van der Waals surface area contributed by atoms with Crippen molar-refractivity contribution < 1.29 is 14.6 Å². The average Bonchev–Trinajstić information content (AvgIpc) is 2.36. The number of hydrogen-bond acceptors (Lipinski definition) is 3. The van der Waals surface area contributed by atoms with Gasteiger partial charge in [0, 0.05) is 19.7 Å². The van der Waals surface area contributed by atoms with Crippen molar-refractivity contribution in [1.82, 2.24) is 4.90 Å². The smallest absolute Gasteiger partial charge is 0.309 e. The van der Waals surface area contributed by atoms with E-state index in [4.69, 9.17) is 9.84 Å². The molecule has 0 spiro atoms. The normalized spacial score (nSPS) is 13.8. The second-order valence-corrected chi connectivity index (χ2v) is 5.93. The van der Waals surface area contributed by atoms with Crippen LogP contribution in [0.5, 0.6) is 0 Å². The zero-order valence-electron chi connectivity index (χ0n) is 13.2. The molecule has 4 heteroatoms. The minimum atomic E-state index is -0.703. The maximum Gasteiger partial charge on any atom is 0.309 e. The SMILES string of the molecule is CCC(C)N(CCCCC(C)(C)C(=O)O)CCOC. The van der Waals surface area contributed by atoms with Crippen LogP contribution in [-0.2, 0) is 9.53 Å². The summed E-state index contributed by atoms with van der Waals surface area (Å²) in [5.41, 5.74) is -0.603. The summed E-state index contributed by atoms with van der Waals surface area (Å²) < 4.78 is 5.14. The second-order valence-electron chi connectivity index (χ2n) is 5.93. The van der Waals surface area contributed by atoms with Crippen LogP contribution in [0, 0.1) is 5.41 Å². The van der Waals surface area contributed by atoms with E-state index in [-0.39, 0.29) is 0 Å². The molecule has 0 aliphatic rings. The molecule has 0 aromatic heterocycles. The van der Waals surface area contributed by atoms with Gasteiger partial charge in [-0.3, -0.25) is 9.69 Å². The van der Waals surface area contributed by atoms with Gasteiger partial charge in [0.05, 0.1) is 12.0 Å². The van der Waals surface area contributed by atoms with Crippen molar-refractivity contribution in [3.05, 3.63) is 0 Å². The van der Waals surface area contributed by atoms with E-state index < -0.39 is 11.4 Å². The van der Waals surface area contributed by atoms with E-state index in [2.05, 4.69) is 18.7 Å². The molecular formula is C15H31NO3. The lowest BCUT2D eigenvalue weighted by Crippen LogP contribution is -2.36. The molecule has 0 fully saturated rings. The summed E-state index contributed by atoms with van der Waals surface area (Å²) in [6.07, 6.45) is 3.87. The molecule has 0 aliphatic carbocycles. The fraction of sp³-hybridized carbons (Fsp3) is 0.933. The first kappa shape index (κ1) is 18.4. The van der Waals surface area contributed by atoms with Gasteiger partial charge in [-0.05, 0) is 46.6 Å². The molecule has 0 aromatic rings. The van der Waals surface area contributed by atoms with Gasteiger partial charge in [-0.2, -0.15) is 0 Å². The molecule has 0 rings (SSSR count). The number of carboxylic acids is 1. The Kier molecular flexibility index (Phi) is 9.02. The minimum Gasteiger partial charge on any atom is -0.481 e. The van der Waals surface area contributed by atoms with Gasteiger partial charge in [-0.25, -0.2) is 0 Å². The van der Waals surface area contributed by atoms with Gasteiger partial charge in [0.1, 0.15) is 0 Å². The molecule has 1 atom stereocenters. The molecule has 114 valence electrons. The maximum absolute atomic E-state index is 11.0. The summed E-state index contributed by atoms with van der Waals surface area (Å²) in [7, 11) is 1.73.